The fraction of sp³-hybridized carbons (Fsp3) is 0.208. The average molecular weight is 491 g/mol. The molecule has 176 valence electrons. The highest BCUT2D eigenvalue weighted by molar-refractivity contribution is 6.18. The normalized spacial score (nSPS) is 19.9. The van der Waals surface area contributed by atoms with Crippen molar-refractivity contribution in [2.75, 3.05) is 5.88 Å². The molecule has 10 heteroatoms. The fourth-order valence-corrected chi connectivity index (χ4v) is 3.84. The van der Waals surface area contributed by atoms with Crippen LogP contribution in [0.2, 0.25) is 0 Å². The predicted octanol–water partition coefficient (Wildman–Crippen LogP) is 3.69. The molecule has 1 aliphatic rings. The monoisotopic (exact) mass is 490 g/mol. The maximum Gasteiger partial charge on any atom is 0.185 e. The summed E-state index contributed by atoms with van der Waals surface area (Å²) in [7, 11) is 0. The van der Waals surface area contributed by atoms with E-state index in [-0.39, 0.29) is 23.8 Å². The second-order valence-corrected chi connectivity index (χ2v) is 7.89. The lowest BCUT2D eigenvalue weighted by Crippen LogP contribution is -2.42. The van der Waals surface area contributed by atoms with Crippen LogP contribution in [0.5, 0.6) is 0 Å². The molecule has 3 atom stereocenters. The van der Waals surface area contributed by atoms with Gasteiger partial charge in [0.15, 0.2) is 5.78 Å². The van der Waals surface area contributed by atoms with E-state index in [1.807, 2.05) is 0 Å². The zero-order valence-electron chi connectivity index (χ0n) is 17.5. The summed E-state index contributed by atoms with van der Waals surface area (Å²) in [4.78, 5) is 20.9. The van der Waals surface area contributed by atoms with Gasteiger partial charge in [-0.2, -0.15) is 0 Å². The van der Waals surface area contributed by atoms with E-state index in [0.29, 0.717) is 11.1 Å². The van der Waals surface area contributed by atoms with Crippen molar-refractivity contribution in [1.29, 1.82) is 0 Å². The number of carbonyl (C=O) groups is 1. The number of hydrogen-bond acceptors (Lipinski definition) is 6. The predicted molar refractivity (Wildman–Crippen MR) is 117 cm³/mol. The number of halogens is 4. The molecule has 0 aliphatic carbocycles. The maximum atomic E-state index is 14.4. The van der Waals surface area contributed by atoms with Gasteiger partial charge < -0.3 is 14.9 Å². The van der Waals surface area contributed by atoms with Crippen molar-refractivity contribution in [3.63, 3.8) is 0 Å². The molecule has 1 aromatic carbocycles. The number of ketones is 1. The van der Waals surface area contributed by atoms with E-state index in [4.69, 9.17) is 16.3 Å². The molecule has 0 spiro atoms. The molecule has 6 nitrogen and oxygen atoms in total. The number of hydrogen-bond donors (Lipinski definition) is 2. The molecule has 0 saturated heterocycles. The Morgan fingerprint density at radius 3 is 2.50 bits per heavy atom. The van der Waals surface area contributed by atoms with Gasteiger partial charge in [0, 0.05) is 24.4 Å². The van der Waals surface area contributed by atoms with E-state index in [0.717, 1.165) is 30.3 Å². The van der Waals surface area contributed by atoms with Crippen LogP contribution in [0, 0.1) is 17.5 Å². The topological polar surface area (TPSA) is 92.5 Å². The number of benzene rings is 1. The summed E-state index contributed by atoms with van der Waals surface area (Å²) in [5, 5.41) is 20.1. The number of pyridine rings is 2. The second kappa shape index (κ2) is 9.92. The van der Waals surface area contributed by atoms with Gasteiger partial charge in [-0.3, -0.25) is 9.78 Å². The van der Waals surface area contributed by atoms with E-state index >= 15 is 0 Å². The Labute approximate surface area is 197 Å². The maximum absolute atomic E-state index is 14.4. The molecule has 1 aliphatic heterocycles. The average Bonchev–Trinajstić information content (AvgIpc) is 2.82. The Morgan fingerprint density at radius 1 is 1.06 bits per heavy atom. The van der Waals surface area contributed by atoms with Crippen molar-refractivity contribution in [2.24, 2.45) is 0 Å². The molecule has 2 N–H and O–H groups in total. The largest absolute Gasteiger partial charge is 0.486 e. The van der Waals surface area contributed by atoms with E-state index < -0.39 is 52.8 Å². The lowest BCUT2D eigenvalue weighted by Gasteiger charge is -2.31. The number of aliphatic hydroxyl groups excluding tert-OH is 2. The van der Waals surface area contributed by atoms with Crippen molar-refractivity contribution in [3.05, 3.63) is 89.1 Å². The van der Waals surface area contributed by atoms with Crippen LogP contribution in [0.3, 0.4) is 0 Å². The van der Waals surface area contributed by atoms with Crippen molar-refractivity contribution >= 4 is 23.1 Å². The van der Waals surface area contributed by atoms with Gasteiger partial charge in [-0.25, -0.2) is 18.2 Å². The van der Waals surface area contributed by atoms with E-state index in [9.17, 15) is 28.2 Å². The van der Waals surface area contributed by atoms with Crippen molar-refractivity contribution in [2.45, 2.75) is 24.7 Å². The van der Waals surface area contributed by atoms with Gasteiger partial charge in [0.05, 0.1) is 11.4 Å². The molecule has 3 aromatic rings. The summed E-state index contributed by atoms with van der Waals surface area (Å²) >= 11 is 5.82. The molecule has 0 radical (unpaired) electrons. The van der Waals surface area contributed by atoms with Crippen LogP contribution < -0.4 is 0 Å². The second-order valence-electron chi connectivity index (χ2n) is 7.58. The molecule has 0 fully saturated rings. The van der Waals surface area contributed by atoms with Crippen LogP contribution in [0.1, 0.15) is 21.6 Å². The molecule has 4 rings (SSSR count). The number of carbonyl (C=O) groups excluding carboxylic acids is 1. The summed E-state index contributed by atoms with van der Waals surface area (Å²) < 4.78 is 48.4. The van der Waals surface area contributed by atoms with Gasteiger partial charge in [-0.15, -0.1) is 11.6 Å². The lowest BCUT2D eigenvalue weighted by molar-refractivity contribution is -0.0442. The van der Waals surface area contributed by atoms with Crippen LogP contribution in [0.25, 0.3) is 17.0 Å². The standard InChI is InChI=1S/C24H18ClF3N2O4/c25-10-21-24(33)19(32)9-20(34-21)13-6-7-29-11-12(13)8-18(31)17-5-4-16(28)23(30-17)22-14(26)2-1-3-15(22)27/h1-7,9,11,19,21,24,32-33H,8,10H2/t19-,21-,24+/m1/s1. The van der Waals surface area contributed by atoms with Crippen molar-refractivity contribution in [3.8, 4) is 11.3 Å². The van der Waals surface area contributed by atoms with Crippen LogP contribution in [-0.4, -0.2) is 50.2 Å². The number of rotatable bonds is 6. The highest BCUT2D eigenvalue weighted by Gasteiger charge is 2.33. The molecule has 3 heterocycles. The summed E-state index contributed by atoms with van der Waals surface area (Å²) in [5.74, 6) is -3.46. The third-order valence-electron chi connectivity index (χ3n) is 5.33. The minimum atomic E-state index is -1.23. The van der Waals surface area contributed by atoms with Crippen molar-refractivity contribution < 1.29 is 32.9 Å². The number of alkyl halides is 1. The third kappa shape index (κ3) is 4.68. The first-order valence-corrected chi connectivity index (χ1v) is 10.7. The van der Waals surface area contributed by atoms with Gasteiger partial charge in [0.1, 0.15) is 52.9 Å². The minimum absolute atomic E-state index is 0.0796. The third-order valence-corrected chi connectivity index (χ3v) is 5.64. The van der Waals surface area contributed by atoms with E-state index in [1.165, 1.54) is 18.5 Å². The van der Waals surface area contributed by atoms with Gasteiger partial charge in [-0.1, -0.05) is 6.07 Å². The zero-order valence-corrected chi connectivity index (χ0v) is 18.2. The van der Waals surface area contributed by atoms with Crippen LogP contribution >= 0.6 is 11.6 Å². The van der Waals surface area contributed by atoms with Gasteiger partial charge in [0.2, 0.25) is 0 Å². The van der Waals surface area contributed by atoms with Gasteiger partial charge >= 0.3 is 0 Å². The Kier molecular flexibility index (Phi) is 6.97. The first-order chi connectivity index (χ1) is 16.3. The van der Waals surface area contributed by atoms with Crippen LogP contribution in [-0.2, 0) is 11.2 Å². The lowest BCUT2D eigenvalue weighted by atomic mass is 9.97. The summed E-state index contributed by atoms with van der Waals surface area (Å²) in [5.41, 5.74) is -0.681. The molecule has 2 aromatic heterocycles. The van der Waals surface area contributed by atoms with E-state index in [2.05, 4.69) is 9.97 Å². The molecule has 34 heavy (non-hydrogen) atoms. The quantitative estimate of drug-likeness (QED) is 0.404. The minimum Gasteiger partial charge on any atom is -0.486 e. The smallest absolute Gasteiger partial charge is 0.185 e. The summed E-state index contributed by atoms with van der Waals surface area (Å²) in [6.45, 7) is 0. The molecule has 0 amide bonds. The van der Waals surface area contributed by atoms with E-state index in [1.54, 1.807) is 6.07 Å². The Hall–Kier alpha value is -3.27. The number of ether oxygens (including phenoxy) is 1. The Balaban J connectivity index is 1.66. The highest BCUT2D eigenvalue weighted by atomic mass is 35.5. The van der Waals surface area contributed by atoms with Gasteiger partial charge in [0.25, 0.3) is 0 Å². The fourth-order valence-electron chi connectivity index (χ4n) is 3.59. The first-order valence-electron chi connectivity index (χ1n) is 10.2. The number of Topliss-reactive ketones (excluding diaryl/α,β-unsaturated/α-hetero) is 1. The molecule has 0 saturated carbocycles. The molecular weight excluding hydrogens is 473 g/mol. The van der Waals surface area contributed by atoms with Crippen LogP contribution in [0.15, 0.2) is 54.9 Å². The zero-order chi connectivity index (χ0) is 24.4. The SMILES string of the molecule is O=C(Cc1cnccc1C1=C[C@@H](O)[C@H](O)[C@@H](CCl)O1)c1ccc(F)c(-c2c(F)cccc2F)n1. The number of aliphatic hydroxyl groups is 2. The van der Waals surface area contributed by atoms with Crippen LogP contribution in [0.4, 0.5) is 13.2 Å². The molecule has 0 unspecified atom stereocenters. The Morgan fingerprint density at radius 2 is 1.79 bits per heavy atom. The molecular formula is C24H18ClF3N2O4. The highest BCUT2D eigenvalue weighted by Crippen LogP contribution is 2.30. The first kappa shape index (κ1) is 23.9. The summed E-state index contributed by atoms with van der Waals surface area (Å²) in [6.07, 6.45) is 0.583. The Bertz CT molecular complexity index is 1250. The number of nitrogens with zero attached hydrogens (tertiary/aromatic N) is 2. The van der Waals surface area contributed by atoms with Crippen molar-refractivity contribution in [1.82, 2.24) is 9.97 Å². The summed E-state index contributed by atoms with van der Waals surface area (Å²) in [6, 6.07) is 6.66. The number of aromatic nitrogens is 2. The van der Waals surface area contributed by atoms with Gasteiger partial charge in [-0.05, 0) is 42.0 Å². The molecule has 0 bridgehead atoms.